The highest BCUT2D eigenvalue weighted by atomic mass is 16.2. The summed E-state index contributed by atoms with van der Waals surface area (Å²) in [4.78, 5) is 14.6. The maximum atomic E-state index is 12.5. The molecule has 2 aromatic carbocycles. The summed E-state index contributed by atoms with van der Waals surface area (Å²) in [5.74, 6) is 0.265. The monoisotopic (exact) mass is 279 g/mol. The molecule has 0 aromatic heterocycles. The number of nitrogens with zero attached hydrogens (tertiary/aromatic N) is 1. The molecule has 1 aliphatic heterocycles. The molecular weight excluding hydrogens is 258 g/mol. The van der Waals surface area contributed by atoms with Crippen molar-refractivity contribution in [3.05, 3.63) is 71.3 Å². The number of aryl methyl sites for hydroxylation is 1. The SMILES string of the molecule is C[C@@H]1c2ccccc2CCN1C(=O)CCc1ccccc1. The van der Waals surface area contributed by atoms with E-state index in [0.717, 1.165) is 19.4 Å². The van der Waals surface area contributed by atoms with Crippen LogP contribution in [0.3, 0.4) is 0 Å². The first-order valence-corrected chi connectivity index (χ1v) is 7.67. The molecule has 0 saturated carbocycles. The average Bonchev–Trinajstić information content (AvgIpc) is 2.54. The lowest BCUT2D eigenvalue weighted by molar-refractivity contribution is -0.133. The Kier molecular flexibility index (Phi) is 4.05. The maximum Gasteiger partial charge on any atom is 0.223 e. The number of amides is 1. The van der Waals surface area contributed by atoms with Crippen molar-refractivity contribution in [2.75, 3.05) is 6.54 Å². The third kappa shape index (κ3) is 2.99. The van der Waals surface area contributed by atoms with Gasteiger partial charge in [0.05, 0.1) is 6.04 Å². The fourth-order valence-corrected chi connectivity index (χ4v) is 3.15. The molecule has 0 saturated heterocycles. The van der Waals surface area contributed by atoms with Gasteiger partial charge in [0.2, 0.25) is 5.91 Å². The van der Waals surface area contributed by atoms with Gasteiger partial charge in [0.15, 0.2) is 0 Å². The Hall–Kier alpha value is -2.09. The number of carbonyl (C=O) groups excluding carboxylic acids is 1. The topological polar surface area (TPSA) is 20.3 Å². The molecule has 0 unspecified atom stereocenters. The van der Waals surface area contributed by atoms with Gasteiger partial charge in [-0.05, 0) is 36.5 Å². The van der Waals surface area contributed by atoms with Crippen LogP contribution in [0.5, 0.6) is 0 Å². The van der Waals surface area contributed by atoms with Crippen LogP contribution in [0, 0.1) is 0 Å². The Bertz CT molecular complexity index is 620. The van der Waals surface area contributed by atoms with E-state index < -0.39 is 0 Å². The van der Waals surface area contributed by atoms with Crippen LogP contribution < -0.4 is 0 Å². The minimum atomic E-state index is 0.193. The third-order valence-electron chi connectivity index (χ3n) is 4.39. The molecule has 0 radical (unpaired) electrons. The van der Waals surface area contributed by atoms with Crippen LogP contribution in [-0.2, 0) is 17.6 Å². The third-order valence-corrected chi connectivity index (χ3v) is 4.39. The molecule has 2 heteroatoms. The molecule has 108 valence electrons. The minimum absolute atomic E-state index is 0.193. The summed E-state index contributed by atoms with van der Waals surface area (Å²) in [6.07, 6.45) is 2.39. The van der Waals surface area contributed by atoms with Gasteiger partial charge in [0, 0.05) is 13.0 Å². The van der Waals surface area contributed by atoms with Crippen LogP contribution in [-0.4, -0.2) is 17.4 Å². The van der Waals surface area contributed by atoms with E-state index in [0.29, 0.717) is 6.42 Å². The van der Waals surface area contributed by atoms with Gasteiger partial charge in [-0.15, -0.1) is 0 Å². The molecule has 21 heavy (non-hydrogen) atoms. The second kappa shape index (κ2) is 6.13. The van der Waals surface area contributed by atoms with Crippen LogP contribution in [0.25, 0.3) is 0 Å². The standard InChI is InChI=1S/C19H21NO/c1-15-18-10-6-5-9-17(18)13-14-20(15)19(21)12-11-16-7-3-2-4-8-16/h2-10,15H,11-14H2,1H3/t15-/m1/s1. The summed E-state index contributed by atoms with van der Waals surface area (Å²) >= 11 is 0. The Morgan fingerprint density at radius 1 is 1.10 bits per heavy atom. The molecule has 0 bridgehead atoms. The molecule has 3 rings (SSSR count). The zero-order valence-corrected chi connectivity index (χ0v) is 12.5. The molecular formula is C19H21NO. The molecule has 1 amide bonds. The van der Waals surface area contributed by atoms with Crippen LogP contribution >= 0.6 is 0 Å². The van der Waals surface area contributed by atoms with Crippen molar-refractivity contribution in [2.45, 2.75) is 32.2 Å². The summed E-state index contributed by atoms with van der Waals surface area (Å²) in [5, 5.41) is 0. The smallest absolute Gasteiger partial charge is 0.223 e. The number of carbonyl (C=O) groups is 1. The van der Waals surface area contributed by atoms with E-state index in [1.165, 1.54) is 16.7 Å². The van der Waals surface area contributed by atoms with Gasteiger partial charge in [-0.25, -0.2) is 0 Å². The summed E-state index contributed by atoms with van der Waals surface area (Å²) in [5.41, 5.74) is 3.92. The van der Waals surface area contributed by atoms with E-state index in [1.54, 1.807) is 0 Å². The van der Waals surface area contributed by atoms with Crippen LogP contribution in [0.2, 0.25) is 0 Å². The molecule has 2 aromatic rings. The van der Waals surface area contributed by atoms with Crippen molar-refractivity contribution in [1.82, 2.24) is 4.90 Å². The highest BCUT2D eigenvalue weighted by Gasteiger charge is 2.26. The molecule has 0 fully saturated rings. The summed E-state index contributed by atoms with van der Waals surface area (Å²) in [7, 11) is 0. The van der Waals surface area contributed by atoms with Crippen LogP contribution in [0.15, 0.2) is 54.6 Å². The van der Waals surface area contributed by atoms with E-state index in [4.69, 9.17) is 0 Å². The van der Waals surface area contributed by atoms with Gasteiger partial charge in [0.1, 0.15) is 0 Å². The van der Waals surface area contributed by atoms with E-state index in [2.05, 4.69) is 43.3 Å². The van der Waals surface area contributed by atoms with Crippen LogP contribution in [0.4, 0.5) is 0 Å². The Morgan fingerprint density at radius 2 is 1.81 bits per heavy atom. The molecule has 1 heterocycles. The Morgan fingerprint density at radius 3 is 2.62 bits per heavy atom. The lowest BCUT2D eigenvalue weighted by atomic mass is 9.93. The second-order valence-corrected chi connectivity index (χ2v) is 5.70. The molecule has 0 spiro atoms. The summed E-state index contributed by atoms with van der Waals surface area (Å²) < 4.78 is 0. The second-order valence-electron chi connectivity index (χ2n) is 5.70. The number of hydrogen-bond acceptors (Lipinski definition) is 1. The van der Waals surface area contributed by atoms with Gasteiger partial charge < -0.3 is 4.90 Å². The van der Waals surface area contributed by atoms with Gasteiger partial charge in [-0.2, -0.15) is 0 Å². The van der Waals surface area contributed by atoms with Crippen molar-refractivity contribution in [3.63, 3.8) is 0 Å². The molecule has 1 aliphatic rings. The number of hydrogen-bond donors (Lipinski definition) is 0. The predicted octanol–water partition coefficient (Wildman–Crippen LogP) is 3.77. The summed E-state index contributed by atoms with van der Waals surface area (Å²) in [6, 6.07) is 18.9. The molecule has 0 aliphatic carbocycles. The molecule has 0 N–H and O–H groups in total. The lowest BCUT2D eigenvalue weighted by Gasteiger charge is -2.35. The zero-order valence-electron chi connectivity index (χ0n) is 12.5. The fourth-order valence-electron chi connectivity index (χ4n) is 3.15. The zero-order chi connectivity index (χ0) is 14.7. The van der Waals surface area contributed by atoms with Crippen molar-refractivity contribution in [1.29, 1.82) is 0 Å². The Labute approximate surface area is 126 Å². The number of fused-ring (bicyclic) bond motifs is 1. The van der Waals surface area contributed by atoms with Crippen molar-refractivity contribution in [3.8, 4) is 0 Å². The summed E-state index contributed by atoms with van der Waals surface area (Å²) in [6.45, 7) is 2.98. The van der Waals surface area contributed by atoms with E-state index in [9.17, 15) is 4.79 Å². The first-order chi connectivity index (χ1) is 10.3. The van der Waals surface area contributed by atoms with Crippen LogP contribution in [0.1, 0.15) is 36.1 Å². The van der Waals surface area contributed by atoms with Gasteiger partial charge in [0.25, 0.3) is 0 Å². The average molecular weight is 279 g/mol. The van der Waals surface area contributed by atoms with E-state index in [1.807, 2.05) is 23.1 Å². The lowest BCUT2D eigenvalue weighted by Crippen LogP contribution is -2.38. The highest BCUT2D eigenvalue weighted by Crippen LogP contribution is 2.29. The predicted molar refractivity (Wildman–Crippen MR) is 85.0 cm³/mol. The fraction of sp³-hybridized carbons (Fsp3) is 0.316. The number of rotatable bonds is 3. The quantitative estimate of drug-likeness (QED) is 0.837. The van der Waals surface area contributed by atoms with Crippen molar-refractivity contribution >= 4 is 5.91 Å². The van der Waals surface area contributed by atoms with Gasteiger partial charge in [-0.3, -0.25) is 4.79 Å². The maximum absolute atomic E-state index is 12.5. The largest absolute Gasteiger partial charge is 0.336 e. The first kappa shape index (κ1) is 13.9. The van der Waals surface area contributed by atoms with Gasteiger partial charge in [-0.1, -0.05) is 54.6 Å². The Balaban J connectivity index is 1.66. The van der Waals surface area contributed by atoms with Crippen molar-refractivity contribution in [2.24, 2.45) is 0 Å². The molecule has 2 nitrogen and oxygen atoms in total. The highest BCUT2D eigenvalue weighted by molar-refractivity contribution is 5.77. The molecule has 1 atom stereocenters. The van der Waals surface area contributed by atoms with E-state index >= 15 is 0 Å². The first-order valence-electron chi connectivity index (χ1n) is 7.67. The van der Waals surface area contributed by atoms with E-state index in [-0.39, 0.29) is 11.9 Å². The van der Waals surface area contributed by atoms with Gasteiger partial charge >= 0.3 is 0 Å². The normalized spacial score (nSPS) is 17.4. The minimum Gasteiger partial charge on any atom is -0.336 e. The number of benzene rings is 2. The van der Waals surface area contributed by atoms with Crippen molar-refractivity contribution < 1.29 is 4.79 Å².